The molecule has 8 heteroatoms. The van der Waals surface area contributed by atoms with Crippen LogP contribution in [0.25, 0.3) is 0 Å². The van der Waals surface area contributed by atoms with E-state index in [1.807, 2.05) is 56.3 Å². The van der Waals surface area contributed by atoms with Gasteiger partial charge in [0.2, 0.25) is 15.9 Å². The van der Waals surface area contributed by atoms with E-state index in [2.05, 4.69) is 5.32 Å². The monoisotopic (exact) mass is 460 g/mol. The smallest absolute Gasteiger partial charge is 0.223 e. The summed E-state index contributed by atoms with van der Waals surface area (Å²) in [6.45, 7) is 4.57. The predicted molar refractivity (Wildman–Crippen MR) is 124 cm³/mol. The minimum atomic E-state index is -3.41. The molecule has 174 valence electrons. The summed E-state index contributed by atoms with van der Waals surface area (Å²) < 4.78 is 37.8. The Hall–Kier alpha value is -2.58. The van der Waals surface area contributed by atoms with Gasteiger partial charge in [0.25, 0.3) is 0 Å². The summed E-state index contributed by atoms with van der Waals surface area (Å²) in [5, 5.41) is 3.05. The third kappa shape index (κ3) is 5.81. The topological polar surface area (TPSA) is 84.9 Å². The summed E-state index contributed by atoms with van der Waals surface area (Å²) >= 11 is 0. The molecule has 0 aromatic heterocycles. The highest BCUT2D eigenvalue weighted by Crippen LogP contribution is 2.30. The Balaban J connectivity index is 1.58. The number of hydrogen-bond acceptors (Lipinski definition) is 5. The minimum Gasteiger partial charge on any atom is -0.497 e. The van der Waals surface area contributed by atoms with Gasteiger partial charge in [-0.15, -0.1) is 0 Å². The van der Waals surface area contributed by atoms with E-state index in [0.717, 1.165) is 16.7 Å². The second-order valence-corrected chi connectivity index (χ2v) is 10.2. The normalized spacial score (nSPS) is 16.4. The van der Waals surface area contributed by atoms with E-state index in [-0.39, 0.29) is 23.6 Å². The Morgan fingerprint density at radius 3 is 2.34 bits per heavy atom. The van der Waals surface area contributed by atoms with Gasteiger partial charge in [-0.1, -0.05) is 29.8 Å². The number of methoxy groups -OCH3 is 2. The van der Waals surface area contributed by atoms with Crippen molar-refractivity contribution in [1.29, 1.82) is 0 Å². The van der Waals surface area contributed by atoms with E-state index >= 15 is 0 Å². The maximum absolute atomic E-state index is 12.9. The van der Waals surface area contributed by atoms with Crippen LogP contribution in [0.2, 0.25) is 0 Å². The molecule has 1 saturated heterocycles. The van der Waals surface area contributed by atoms with Gasteiger partial charge in [0, 0.05) is 24.6 Å². The SMILES string of the molecule is COc1ccc(OC)c(C(C)NC(=O)C2CCN(S(=O)(=O)Cc3ccc(C)cc3)CC2)c1. The van der Waals surface area contributed by atoms with Crippen molar-refractivity contribution in [2.75, 3.05) is 27.3 Å². The van der Waals surface area contributed by atoms with Gasteiger partial charge in [-0.05, 0) is 50.5 Å². The van der Waals surface area contributed by atoms with Gasteiger partial charge in [-0.3, -0.25) is 4.79 Å². The van der Waals surface area contributed by atoms with Crippen molar-refractivity contribution in [3.05, 3.63) is 59.2 Å². The van der Waals surface area contributed by atoms with E-state index in [0.29, 0.717) is 37.4 Å². The molecule has 0 bridgehead atoms. The Labute approximate surface area is 190 Å². The van der Waals surface area contributed by atoms with Crippen molar-refractivity contribution < 1.29 is 22.7 Å². The fraction of sp³-hybridized carbons (Fsp3) is 0.458. The third-order valence-electron chi connectivity index (χ3n) is 5.95. The lowest BCUT2D eigenvalue weighted by Gasteiger charge is -2.31. The molecule has 1 amide bonds. The van der Waals surface area contributed by atoms with Crippen molar-refractivity contribution in [1.82, 2.24) is 9.62 Å². The average molecular weight is 461 g/mol. The third-order valence-corrected chi connectivity index (χ3v) is 7.80. The van der Waals surface area contributed by atoms with E-state index < -0.39 is 10.0 Å². The Morgan fingerprint density at radius 2 is 1.75 bits per heavy atom. The van der Waals surface area contributed by atoms with Crippen molar-refractivity contribution >= 4 is 15.9 Å². The lowest BCUT2D eigenvalue weighted by molar-refractivity contribution is -0.126. The number of carbonyl (C=O) groups excluding carboxylic acids is 1. The molecule has 1 unspecified atom stereocenters. The van der Waals surface area contributed by atoms with Crippen molar-refractivity contribution in [3.8, 4) is 11.5 Å². The van der Waals surface area contributed by atoms with Crippen LogP contribution in [-0.2, 0) is 20.6 Å². The van der Waals surface area contributed by atoms with Crippen LogP contribution in [0.15, 0.2) is 42.5 Å². The van der Waals surface area contributed by atoms with Crippen LogP contribution in [0, 0.1) is 12.8 Å². The summed E-state index contributed by atoms with van der Waals surface area (Å²) in [5.41, 5.74) is 2.70. The van der Waals surface area contributed by atoms with Crippen molar-refractivity contribution in [2.45, 2.75) is 38.5 Å². The predicted octanol–water partition coefficient (Wildman–Crippen LogP) is 3.43. The molecular weight excluding hydrogens is 428 g/mol. The summed E-state index contributed by atoms with van der Waals surface area (Å²) in [6, 6.07) is 12.7. The molecule has 3 rings (SSSR count). The first-order valence-corrected chi connectivity index (χ1v) is 12.4. The fourth-order valence-corrected chi connectivity index (χ4v) is 5.53. The number of piperidine rings is 1. The zero-order valence-corrected chi connectivity index (χ0v) is 19.9. The van der Waals surface area contributed by atoms with Crippen molar-refractivity contribution in [2.24, 2.45) is 5.92 Å². The number of carbonyl (C=O) groups is 1. The van der Waals surface area contributed by atoms with E-state index in [1.165, 1.54) is 4.31 Å². The van der Waals surface area contributed by atoms with Gasteiger partial charge >= 0.3 is 0 Å². The standard InChI is InChI=1S/C24H32N2O5S/c1-17-5-7-19(8-6-17)16-32(28,29)26-13-11-20(12-14-26)24(27)25-18(2)22-15-21(30-3)9-10-23(22)31-4/h5-10,15,18,20H,11-14,16H2,1-4H3,(H,25,27). The molecule has 1 aliphatic rings. The molecule has 1 heterocycles. The van der Waals surface area contributed by atoms with Gasteiger partial charge in [0.1, 0.15) is 11.5 Å². The van der Waals surface area contributed by atoms with Crippen molar-refractivity contribution in [3.63, 3.8) is 0 Å². The van der Waals surface area contributed by atoms with Crippen LogP contribution in [-0.4, -0.2) is 45.9 Å². The number of amides is 1. The molecule has 7 nitrogen and oxygen atoms in total. The number of benzene rings is 2. The number of sulfonamides is 1. The molecule has 0 aliphatic carbocycles. The zero-order chi connectivity index (χ0) is 23.3. The first kappa shape index (κ1) is 24.1. The summed E-state index contributed by atoms with van der Waals surface area (Å²) in [6.07, 6.45) is 1.00. The number of nitrogens with zero attached hydrogens (tertiary/aromatic N) is 1. The molecule has 1 fully saturated rings. The van der Waals surface area contributed by atoms with Gasteiger partial charge in [0.05, 0.1) is 26.0 Å². The molecule has 2 aromatic carbocycles. The van der Waals surface area contributed by atoms with E-state index in [1.54, 1.807) is 14.2 Å². The lowest BCUT2D eigenvalue weighted by atomic mass is 9.96. The van der Waals surface area contributed by atoms with Gasteiger partial charge < -0.3 is 14.8 Å². The molecule has 0 radical (unpaired) electrons. The number of hydrogen-bond donors (Lipinski definition) is 1. The quantitative estimate of drug-likeness (QED) is 0.652. The highest BCUT2D eigenvalue weighted by molar-refractivity contribution is 7.88. The van der Waals surface area contributed by atoms with E-state index in [9.17, 15) is 13.2 Å². The highest BCUT2D eigenvalue weighted by Gasteiger charge is 2.32. The lowest BCUT2D eigenvalue weighted by Crippen LogP contribution is -2.43. The Kier molecular flexibility index (Phi) is 7.79. The molecule has 32 heavy (non-hydrogen) atoms. The second kappa shape index (κ2) is 10.4. The van der Waals surface area contributed by atoms with Gasteiger partial charge in [-0.25, -0.2) is 12.7 Å². The Morgan fingerprint density at radius 1 is 1.09 bits per heavy atom. The molecule has 2 aromatic rings. The molecule has 1 atom stereocenters. The molecule has 1 N–H and O–H groups in total. The largest absolute Gasteiger partial charge is 0.497 e. The van der Waals surface area contributed by atoms with Crippen LogP contribution < -0.4 is 14.8 Å². The Bertz CT molecular complexity index is 1030. The number of rotatable bonds is 8. The summed E-state index contributed by atoms with van der Waals surface area (Å²) in [4.78, 5) is 12.9. The molecular formula is C24H32N2O5S. The zero-order valence-electron chi connectivity index (χ0n) is 19.1. The van der Waals surface area contributed by atoms with Crippen LogP contribution in [0.1, 0.15) is 42.5 Å². The van der Waals surface area contributed by atoms with E-state index in [4.69, 9.17) is 9.47 Å². The number of ether oxygens (including phenoxy) is 2. The fourth-order valence-electron chi connectivity index (χ4n) is 3.97. The molecule has 0 saturated carbocycles. The first-order chi connectivity index (χ1) is 15.2. The maximum Gasteiger partial charge on any atom is 0.223 e. The average Bonchev–Trinajstić information content (AvgIpc) is 2.80. The first-order valence-electron chi connectivity index (χ1n) is 10.8. The number of nitrogens with one attached hydrogen (secondary N) is 1. The second-order valence-electron chi connectivity index (χ2n) is 8.25. The summed E-state index contributed by atoms with van der Waals surface area (Å²) in [7, 11) is -0.227. The molecule has 1 aliphatic heterocycles. The van der Waals surface area contributed by atoms with Crippen LogP contribution in [0.3, 0.4) is 0 Å². The number of aryl methyl sites for hydroxylation is 1. The highest BCUT2D eigenvalue weighted by atomic mass is 32.2. The maximum atomic E-state index is 12.9. The minimum absolute atomic E-state index is 0.0171. The summed E-state index contributed by atoms with van der Waals surface area (Å²) in [5.74, 6) is 1.05. The molecule has 0 spiro atoms. The van der Waals surface area contributed by atoms with Gasteiger partial charge in [0.15, 0.2) is 0 Å². The van der Waals surface area contributed by atoms with Gasteiger partial charge in [-0.2, -0.15) is 0 Å². The van der Waals surface area contributed by atoms with Crippen LogP contribution >= 0.6 is 0 Å². The van der Waals surface area contributed by atoms with Crippen LogP contribution in [0.5, 0.6) is 11.5 Å². The van der Waals surface area contributed by atoms with Crippen LogP contribution in [0.4, 0.5) is 0 Å².